The topological polar surface area (TPSA) is 35.5 Å². The maximum absolute atomic E-state index is 9.75. The first-order valence-corrected chi connectivity index (χ1v) is 5.73. The zero-order valence-corrected chi connectivity index (χ0v) is 9.29. The molecule has 2 aliphatic heterocycles. The van der Waals surface area contributed by atoms with Crippen LogP contribution >= 0.6 is 0 Å². The van der Waals surface area contributed by atoms with E-state index in [1.165, 1.54) is 25.9 Å². The average Bonchev–Trinajstić information content (AvgIpc) is 2.42. The quantitative estimate of drug-likeness (QED) is 0.676. The number of nitrogens with zero attached hydrogens (tertiary/aromatic N) is 1. The molecule has 2 fully saturated rings. The standard InChI is InChI=1S/C11H22N2O/c1-11(2,14)8-13-6-9-4-3-5-12-10(9)7-13/h9-10,12,14H,3-8H2,1-2H3/t9-,10+/m0/s1. The molecule has 0 amide bonds. The van der Waals surface area contributed by atoms with E-state index < -0.39 is 5.60 Å². The van der Waals surface area contributed by atoms with Gasteiger partial charge in [0.25, 0.3) is 0 Å². The molecule has 0 bridgehead atoms. The van der Waals surface area contributed by atoms with Crippen molar-refractivity contribution in [2.75, 3.05) is 26.2 Å². The van der Waals surface area contributed by atoms with Gasteiger partial charge in [0.15, 0.2) is 0 Å². The fourth-order valence-corrected chi connectivity index (χ4v) is 2.81. The lowest BCUT2D eigenvalue weighted by Gasteiger charge is -2.25. The number of piperidine rings is 1. The number of aliphatic hydroxyl groups is 1. The molecule has 3 nitrogen and oxygen atoms in total. The van der Waals surface area contributed by atoms with Crippen LogP contribution in [0.5, 0.6) is 0 Å². The number of hydrogen-bond acceptors (Lipinski definition) is 3. The van der Waals surface area contributed by atoms with Gasteiger partial charge in [-0.25, -0.2) is 0 Å². The first-order chi connectivity index (χ1) is 6.54. The van der Waals surface area contributed by atoms with Crippen molar-refractivity contribution in [2.45, 2.75) is 38.3 Å². The van der Waals surface area contributed by atoms with Gasteiger partial charge in [-0.15, -0.1) is 0 Å². The molecule has 82 valence electrons. The summed E-state index contributed by atoms with van der Waals surface area (Å²) >= 11 is 0. The predicted molar refractivity (Wildman–Crippen MR) is 57.3 cm³/mol. The molecular weight excluding hydrogens is 176 g/mol. The third kappa shape index (κ3) is 2.47. The molecule has 0 radical (unpaired) electrons. The van der Waals surface area contributed by atoms with Gasteiger partial charge < -0.3 is 10.4 Å². The molecule has 0 aromatic carbocycles. The summed E-state index contributed by atoms with van der Waals surface area (Å²) in [5, 5.41) is 13.3. The lowest BCUT2D eigenvalue weighted by atomic mass is 9.94. The molecule has 0 saturated carbocycles. The Hall–Kier alpha value is -0.120. The minimum Gasteiger partial charge on any atom is -0.389 e. The molecule has 0 aliphatic carbocycles. The second-order valence-corrected chi connectivity index (χ2v) is 5.47. The van der Waals surface area contributed by atoms with Crippen LogP contribution in [0.2, 0.25) is 0 Å². The van der Waals surface area contributed by atoms with Gasteiger partial charge in [-0.1, -0.05) is 0 Å². The molecule has 2 N–H and O–H groups in total. The number of rotatable bonds is 2. The van der Waals surface area contributed by atoms with Crippen molar-refractivity contribution in [2.24, 2.45) is 5.92 Å². The zero-order valence-electron chi connectivity index (χ0n) is 9.29. The second-order valence-electron chi connectivity index (χ2n) is 5.47. The van der Waals surface area contributed by atoms with Crippen LogP contribution < -0.4 is 5.32 Å². The third-order valence-corrected chi connectivity index (χ3v) is 3.29. The monoisotopic (exact) mass is 198 g/mol. The van der Waals surface area contributed by atoms with Gasteiger partial charge in [0, 0.05) is 25.7 Å². The Bertz CT molecular complexity index is 186. The van der Waals surface area contributed by atoms with E-state index in [1.54, 1.807) is 0 Å². The summed E-state index contributed by atoms with van der Waals surface area (Å²) in [6, 6.07) is 0.686. The molecule has 0 aromatic heterocycles. The maximum atomic E-state index is 9.75. The van der Waals surface area contributed by atoms with Crippen LogP contribution in [-0.2, 0) is 0 Å². The van der Waals surface area contributed by atoms with Gasteiger partial charge in [0.1, 0.15) is 0 Å². The van der Waals surface area contributed by atoms with E-state index in [0.29, 0.717) is 6.04 Å². The highest BCUT2D eigenvalue weighted by Crippen LogP contribution is 2.25. The van der Waals surface area contributed by atoms with Crippen molar-refractivity contribution < 1.29 is 5.11 Å². The zero-order chi connectivity index (χ0) is 10.2. The summed E-state index contributed by atoms with van der Waals surface area (Å²) < 4.78 is 0. The van der Waals surface area contributed by atoms with E-state index in [1.807, 2.05) is 13.8 Å². The van der Waals surface area contributed by atoms with Gasteiger partial charge >= 0.3 is 0 Å². The van der Waals surface area contributed by atoms with Gasteiger partial charge in [-0.2, -0.15) is 0 Å². The fourth-order valence-electron chi connectivity index (χ4n) is 2.81. The Morgan fingerprint density at radius 2 is 2.21 bits per heavy atom. The molecule has 0 unspecified atom stereocenters. The van der Waals surface area contributed by atoms with E-state index in [-0.39, 0.29) is 0 Å². The van der Waals surface area contributed by atoms with Crippen molar-refractivity contribution in [1.29, 1.82) is 0 Å². The first-order valence-electron chi connectivity index (χ1n) is 5.73. The van der Waals surface area contributed by atoms with Crippen molar-refractivity contribution >= 4 is 0 Å². The van der Waals surface area contributed by atoms with Crippen LogP contribution in [0, 0.1) is 5.92 Å². The van der Waals surface area contributed by atoms with Gasteiger partial charge in [0.2, 0.25) is 0 Å². The van der Waals surface area contributed by atoms with Gasteiger partial charge in [0.05, 0.1) is 5.60 Å². The molecule has 14 heavy (non-hydrogen) atoms. The highest BCUT2D eigenvalue weighted by Gasteiger charge is 2.35. The Morgan fingerprint density at radius 1 is 1.43 bits per heavy atom. The van der Waals surface area contributed by atoms with Gasteiger partial charge in [-0.05, 0) is 39.2 Å². The van der Waals surface area contributed by atoms with Crippen LogP contribution in [0.3, 0.4) is 0 Å². The minimum atomic E-state index is -0.548. The van der Waals surface area contributed by atoms with Gasteiger partial charge in [-0.3, -0.25) is 4.90 Å². The fraction of sp³-hybridized carbons (Fsp3) is 1.00. The molecule has 2 atom stereocenters. The molecule has 2 rings (SSSR count). The molecule has 3 heteroatoms. The molecule has 0 spiro atoms. The smallest absolute Gasteiger partial charge is 0.0718 e. The van der Waals surface area contributed by atoms with E-state index in [4.69, 9.17) is 0 Å². The summed E-state index contributed by atoms with van der Waals surface area (Å²) in [6.07, 6.45) is 2.68. The van der Waals surface area contributed by atoms with Crippen LogP contribution in [0.15, 0.2) is 0 Å². The summed E-state index contributed by atoms with van der Waals surface area (Å²) in [6.45, 7) is 8.06. The van der Waals surface area contributed by atoms with Crippen molar-refractivity contribution in [3.8, 4) is 0 Å². The van der Waals surface area contributed by atoms with Crippen molar-refractivity contribution in [1.82, 2.24) is 10.2 Å². The van der Waals surface area contributed by atoms with E-state index >= 15 is 0 Å². The second kappa shape index (κ2) is 3.80. The number of hydrogen-bond donors (Lipinski definition) is 2. The number of fused-ring (bicyclic) bond motifs is 1. The van der Waals surface area contributed by atoms with Crippen molar-refractivity contribution in [3.05, 3.63) is 0 Å². The first kappa shape index (κ1) is 10.4. The van der Waals surface area contributed by atoms with E-state index in [0.717, 1.165) is 19.0 Å². The highest BCUT2D eigenvalue weighted by atomic mass is 16.3. The number of likely N-dealkylation sites (tertiary alicyclic amines) is 1. The lowest BCUT2D eigenvalue weighted by molar-refractivity contribution is 0.0425. The molecule has 0 aromatic rings. The summed E-state index contributed by atoms with van der Waals surface area (Å²) in [5.41, 5.74) is -0.548. The van der Waals surface area contributed by atoms with Crippen LogP contribution in [0.25, 0.3) is 0 Å². The largest absolute Gasteiger partial charge is 0.389 e. The minimum absolute atomic E-state index is 0.548. The molecule has 2 aliphatic rings. The Kier molecular flexibility index (Phi) is 2.82. The third-order valence-electron chi connectivity index (χ3n) is 3.29. The maximum Gasteiger partial charge on any atom is 0.0718 e. The molecule has 2 saturated heterocycles. The lowest BCUT2D eigenvalue weighted by Crippen LogP contribution is -2.41. The Morgan fingerprint density at radius 3 is 2.86 bits per heavy atom. The number of nitrogens with one attached hydrogen (secondary N) is 1. The van der Waals surface area contributed by atoms with Crippen LogP contribution in [-0.4, -0.2) is 47.8 Å². The molecular formula is C11H22N2O. The summed E-state index contributed by atoms with van der Waals surface area (Å²) in [7, 11) is 0. The van der Waals surface area contributed by atoms with E-state index in [2.05, 4.69) is 10.2 Å². The normalized spacial score (nSPS) is 34.5. The summed E-state index contributed by atoms with van der Waals surface area (Å²) in [4.78, 5) is 2.40. The predicted octanol–water partition coefficient (Wildman–Crippen LogP) is 0.441. The van der Waals surface area contributed by atoms with Crippen LogP contribution in [0.4, 0.5) is 0 Å². The number of β-amino-alcohol motifs (C(OH)–C–C–N with tert-alkyl or cyclic N) is 1. The molecule has 2 heterocycles. The summed E-state index contributed by atoms with van der Waals surface area (Å²) in [5.74, 6) is 0.825. The Labute approximate surface area is 86.5 Å². The Balaban J connectivity index is 1.87. The highest BCUT2D eigenvalue weighted by molar-refractivity contribution is 4.93. The SMILES string of the molecule is CC(C)(O)CN1C[C@@H]2CCCN[C@@H]2C1. The van der Waals surface area contributed by atoms with E-state index in [9.17, 15) is 5.11 Å². The van der Waals surface area contributed by atoms with Crippen LogP contribution in [0.1, 0.15) is 26.7 Å². The van der Waals surface area contributed by atoms with Crippen molar-refractivity contribution in [3.63, 3.8) is 0 Å². The average molecular weight is 198 g/mol.